The van der Waals surface area contributed by atoms with Gasteiger partial charge in [-0.15, -0.1) is 0 Å². The first-order valence-electron chi connectivity index (χ1n) is 6.41. The van der Waals surface area contributed by atoms with Gasteiger partial charge in [-0.3, -0.25) is 10.1 Å². The highest BCUT2D eigenvalue weighted by atomic mass is 35.5. The molecular formula is C15H15ClN2O3. The number of nitrogens with one attached hydrogen (secondary N) is 1. The molecule has 0 aliphatic carbocycles. The predicted octanol–water partition coefficient (Wildman–Crippen LogP) is 3.91. The Morgan fingerprint density at radius 2 is 2.05 bits per heavy atom. The minimum Gasteiger partial charge on any atom is -0.495 e. The van der Waals surface area contributed by atoms with Crippen molar-refractivity contribution in [2.24, 2.45) is 0 Å². The Hall–Kier alpha value is -2.27. The molecule has 0 atom stereocenters. The van der Waals surface area contributed by atoms with Gasteiger partial charge in [0, 0.05) is 29.9 Å². The minimum atomic E-state index is -0.360. The summed E-state index contributed by atoms with van der Waals surface area (Å²) in [6.45, 7) is 0.579. The van der Waals surface area contributed by atoms with Gasteiger partial charge in [-0.05, 0) is 18.6 Å². The highest BCUT2D eigenvalue weighted by Crippen LogP contribution is 2.27. The maximum atomic E-state index is 10.9. The first-order valence-corrected chi connectivity index (χ1v) is 6.79. The van der Waals surface area contributed by atoms with Gasteiger partial charge in [0.15, 0.2) is 0 Å². The van der Waals surface area contributed by atoms with Crippen LogP contribution < -0.4 is 10.1 Å². The SMILES string of the molecule is COc1cc(NCCc2ccccc2[N+](=O)[O-])ccc1Cl. The molecule has 5 nitrogen and oxygen atoms in total. The highest BCUT2D eigenvalue weighted by molar-refractivity contribution is 6.32. The fourth-order valence-electron chi connectivity index (χ4n) is 2.01. The monoisotopic (exact) mass is 306 g/mol. The van der Waals surface area contributed by atoms with Gasteiger partial charge in [0.25, 0.3) is 5.69 Å². The molecule has 0 saturated carbocycles. The number of hydrogen-bond donors (Lipinski definition) is 1. The molecule has 0 aliphatic heterocycles. The zero-order valence-corrected chi connectivity index (χ0v) is 12.3. The fraction of sp³-hybridized carbons (Fsp3) is 0.200. The van der Waals surface area contributed by atoms with E-state index in [2.05, 4.69) is 5.32 Å². The molecule has 0 heterocycles. The summed E-state index contributed by atoms with van der Waals surface area (Å²) in [6.07, 6.45) is 0.558. The minimum absolute atomic E-state index is 0.146. The van der Waals surface area contributed by atoms with Crippen LogP contribution in [-0.2, 0) is 6.42 Å². The van der Waals surface area contributed by atoms with Crippen LogP contribution in [0.25, 0.3) is 0 Å². The maximum absolute atomic E-state index is 10.9. The lowest BCUT2D eigenvalue weighted by Crippen LogP contribution is -2.06. The number of rotatable bonds is 6. The van der Waals surface area contributed by atoms with Crippen LogP contribution in [-0.4, -0.2) is 18.6 Å². The maximum Gasteiger partial charge on any atom is 0.272 e. The third-order valence-corrected chi connectivity index (χ3v) is 3.38. The summed E-state index contributed by atoms with van der Waals surface area (Å²) in [5.74, 6) is 0.590. The average Bonchev–Trinajstić information content (AvgIpc) is 2.49. The largest absolute Gasteiger partial charge is 0.495 e. The van der Waals surface area contributed by atoms with Crippen molar-refractivity contribution < 1.29 is 9.66 Å². The van der Waals surface area contributed by atoms with Gasteiger partial charge in [-0.25, -0.2) is 0 Å². The number of benzene rings is 2. The Balaban J connectivity index is 2.00. The number of nitro groups is 1. The van der Waals surface area contributed by atoms with Crippen molar-refractivity contribution in [2.45, 2.75) is 6.42 Å². The summed E-state index contributed by atoms with van der Waals surface area (Å²) in [7, 11) is 1.55. The van der Waals surface area contributed by atoms with Gasteiger partial charge in [0.2, 0.25) is 0 Å². The zero-order chi connectivity index (χ0) is 15.2. The van der Waals surface area contributed by atoms with Crippen molar-refractivity contribution in [3.8, 4) is 5.75 Å². The Labute approximate surface area is 127 Å². The first-order chi connectivity index (χ1) is 10.1. The third kappa shape index (κ3) is 3.86. The van der Waals surface area contributed by atoms with Crippen molar-refractivity contribution in [1.29, 1.82) is 0 Å². The second kappa shape index (κ2) is 6.95. The number of para-hydroxylation sites is 1. The number of nitro benzene ring substituents is 1. The molecule has 0 aromatic heterocycles. The normalized spacial score (nSPS) is 10.2. The predicted molar refractivity (Wildman–Crippen MR) is 83.3 cm³/mol. The summed E-state index contributed by atoms with van der Waals surface area (Å²) in [5.41, 5.74) is 1.71. The topological polar surface area (TPSA) is 64.4 Å². The number of ether oxygens (including phenoxy) is 1. The Kier molecular flexibility index (Phi) is 5.00. The van der Waals surface area contributed by atoms with Crippen molar-refractivity contribution in [3.05, 3.63) is 63.2 Å². The van der Waals surface area contributed by atoms with Crippen molar-refractivity contribution in [3.63, 3.8) is 0 Å². The second-order valence-electron chi connectivity index (χ2n) is 4.41. The molecule has 110 valence electrons. The fourth-order valence-corrected chi connectivity index (χ4v) is 2.21. The van der Waals surface area contributed by atoms with Crippen molar-refractivity contribution in [2.75, 3.05) is 19.0 Å². The standard InChI is InChI=1S/C15H15ClN2O3/c1-21-15-10-12(6-7-13(15)16)17-9-8-11-4-2-3-5-14(11)18(19)20/h2-7,10,17H,8-9H2,1H3. The van der Waals surface area contributed by atoms with Crippen LogP contribution in [0.3, 0.4) is 0 Å². The quantitative estimate of drug-likeness (QED) is 0.649. The van der Waals surface area contributed by atoms with E-state index in [0.29, 0.717) is 29.3 Å². The molecule has 2 aromatic carbocycles. The lowest BCUT2D eigenvalue weighted by molar-refractivity contribution is -0.385. The van der Waals surface area contributed by atoms with Crippen molar-refractivity contribution >= 4 is 23.0 Å². The van der Waals surface area contributed by atoms with Crippen LogP contribution in [0.2, 0.25) is 5.02 Å². The molecule has 21 heavy (non-hydrogen) atoms. The van der Waals surface area contributed by atoms with Gasteiger partial charge in [-0.2, -0.15) is 0 Å². The molecule has 0 saturated heterocycles. The van der Waals surface area contributed by atoms with Crippen LogP contribution in [0.4, 0.5) is 11.4 Å². The molecule has 1 N–H and O–H groups in total. The first kappa shape index (κ1) is 15.1. The number of anilines is 1. The molecule has 0 radical (unpaired) electrons. The molecule has 0 aliphatic rings. The van der Waals surface area contributed by atoms with E-state index in [9.17, 15) is 10.1 Å². The summed E-state index contributed by atoms with van der Waals surface area (Å²) in [4.78, 5) is 10.6. The van der Waals surface area contributed by atoms with E-state index in [-0.39, 0.29) is 10.6 Å². The van der Waals surface area contributed by atoms with Gasteiger partial charge < -0.3 is 10.1 Å². The summed E-state index contributed by atoms with van der Waals surface area (Å²) < 4.78 is 5.14. The number of halogens is 1. The lowest BCUT2D eigenvalue weighted by atomic mass is 10.1. The molecule has 2 aromatic rings. The molecule has 0 amide bonds. The van der Waals surface area contributed by atoms with E-state index in [4.69, 9.17) is 16.3 Å². The number of hydrogen-bond acceptors (Lipinski definition) is 4. The Bertz CT molecular complexity index is 647. The van der Waals surface area contributed by atoms with Gasteiger partial charge in [0.05, 0.1) is 17.1 Å². The zero-order valence-electron chi connectivity index (χ0n) is 11.5. The molecule has 2 rings (SSSR count). The molecular weight excluding hydrogens is 292 g/mol. The van der Waals surface area contributed by atoms with E-state index in [1.165, 1.54) is 6.07 Å². The summed E-state index contributed by atoms with van der Waals surface area (Å²) in [5, 5.41) is 14.7. The highest BCUT2D eigenvalue weighted by Gasteiger charge is 2.11. The van der Waals surface area contributed by atoms with E-state index in [0.717, 1.165) is 5.69 Å². The summed E-state index contributed by atoms with van der Waals surface area (Å²) in [6, 6.07) is 12.1. The Morgan fingerprint density at radius 1 is 1.29 bits per heavy atom. The third-order valence-electron chi connectivity index (χ3n) is 3.06. The van der Waals surface area contributed by atoms with E-state index in [1.807, 2.05) is 6.07 Å². The van der Waals surface area contributed by atoms with Gasteiger partial charge in [-0.1, -0.05) is 29.8 Å². The molecule has 0 unspecified atom stereocenters. The average molecular weight is 307 g/mol. The van der Waals surface area contributed by atoms with Gasteiger partial charge >= 0.3 is 0 Å². The molecule has 0 spiro atoms. The smallest absolute Gasteiger partial charge is 0.272 e. The van der Waals surface area contributed by atoms with Crippen LogP contribution in [0, 0.1) is 10.1 Å². The van der Waals surface area contributed by atoms with Gasteiger partial charge in [0.1, 0.15) is 5.75 Å². The van der Waals surface area contributed by atoms with Crippen LogP contribution in [0.1, 0.15) is 5.56 Å². The molecule has 6 heteroatoms. The van der Waals surface area contributed by atoms with Crippen molar-refractivity contribution in [1.82, 2.24) is 0 Å². The van der Waals surface area contributed by atoms with E-state index >= 15 is 0 Å². The van der Waals surface area contributed by atoms with Crippen LogP contribution in [0.5, 0.6) is 5.75 Å². The van der Waals surface area contributed by atoms with Crippen LogP contribution >= 0.6 is 11.6 Å². The van der Waals surface area contributed by atoms with E-state index < -0.39 is 0 Å². The Morgan fingerprint density at radius 3 is 2.76 bits per heavy atom. The number of methoxy groups -OCH3 is 1. The molecule has 0 bridgehead atoms. The second-order valence-corrected chi connectivity index (χ2v) is 4.82. The number of nitrogens with zero attached hydrogens (tertiary/aromatic N) is 1. The molecule has 0 fully saturated rings. The lowest BCUT2D eigenvalue weighted by Gasteiger charge is -2.09. The summed E-state index contributed by atoms with van der Waals surface area (Å²) >= 11 is 5.95. The van der Waals surface area contributed by atoms with E-state index in [1.54, 1.807) is 37.4 Å². The van der Waals surface area contributed by atoms with Crippen LogP contribution in [0.15, 0.2) is 42.5 Å².